The Hall–Kier alpha value is -0.545. The van der Waals surface area contributed by atoms with Crippen molar-refractivity contribution in [1.29, 1.82) is 0 Å². The monoisotopic (exact) mass is 199 g/mol. The quantitative estimate of drug-likeness (QED) is 0.650. The fourth-order valence-electron chi connectivity index (χ4n) is 2.28. The molecule has 1 saturated heterocycles. The van der Waals surface area contributed by atoms with E-state index < -0.39 is 19.1 Å². The van der Waals surface area contributed by atoms with E-state index in [0.717, 1.165) is 6.42 Å². The Morgan fingerprint density at radius 1 is 1.57 bits per heavy atom. The summed E-state index contributed by atoms with van der Waals surface area (Å²) in [6.07, 6.45) is 0.861. The third-order valence-electron chi connectivity index (χ3n) is 3.07. The number of carbonyl (C=O) groups is 1. The van der Waals surface area contributed by atoms with Crippen LogP contribution in [0.1, 0.15) is 20.3 Å². The van der Waals surface area contributed by atoms with Gasteiger partial charge >= 0.3 is 13.0 Å². The van der Waals surface area contributed by atoms with Crippen LogP contribution in [0.4, 0.5) is 0 Å². The van der Waals surface area contributed by atoms with Gasteiger partial charge in [0.05, 0.1) is 0 Å². The molecule has 1 rings (SSSR count). The first-order chi connectivity index (χ1) is 6.45. The van der Waals surface area contributed by atoms with Crippen LogP contribution in [0.5, 0.6) is 0 Å². The summed E-state index contributed by atoms with van der Waals surface area (Å²) in [4.78, 5) is 12.7. The molecule has 14 heavy (non-hydrogen) atoms. The van der Waals surface area contributed by atoms with Gasteiger partial charge in [0.2, 0.25) is 0 Å². The molecule has 0 spiro atoms. The number of nitrogens with zero attached hydrogens (tertiary/aromatic N) is 1. The van der Waals surface area contributed by atoms with Gasteiger partial charge in [0, 0.05) is 0 Å². The Bertz CT molecular complexity index is 204. The highest BCUT2D eigenvalue weighted by Crippen LogP contribution is 2.30. The van der Waals surface area contributed by atoms with E-state index in [0.29, 0.717) is 12.5 Å². The molecule has 0 bridgehead atoms. The van der Waals surface area contributed by atoms with Crippen molar-refractivity contribution in [3.63, 3.8) is 0 Å². The second-order valence-corrected chi connectivity index (χ2v) is 4.35. The molecule has 0 aromatic rings. The van der Waals surface area contributed by atoms with Crippen LogP contribution in [-0.2, 0) is 4.79 Å². The van der Waals surface area contributed by atoms with E-state index >= 15 is 0 Å². The number of carboxylic acid groups (broad SMARTS) is 1. The van der Waals surface area contributed by atoms with E-state index in [2.05, 4.69) is 0 Å². The van der Waals surface area contributed by atoms with Gasteiger partial charge in [-0.2, -0.15) is 0 Å². The number of hydrogen-bond donors (Lipinski definition) is 2. The molecule has 1 aliphatic rings. The maximum absolute atomic E-state index is 11.1. The molecule has 0 amide bonds. The molecule has 5 heteroatoms. The predicted octanol–water partition coefficient (Wildman–Crippen LogP) is 0.528. The minimum absolute atomic E-state index is 0.155. The summed E-state index contributed by atoms with van der Waals surface area (Å²) < 4.78 is 0. The van der Waals surface area contributed by atoms with Gasteiger partial charge in [-0.25, -0.2) is 0 Å². The Morgan fingerprint density at radius 3 is 2.50 bits per heavy atom. The van der Waals surface area contributed by atoms with Gasteiger partial charge in [-0.15, -0.1) is 0 Å². The summed E-state index contributed by atoms with van der Waals surface area (Å²) in [7, 11) is -0.667. The van der Waals surface area contributed by atoms with Crippen molar-refractivity contribution in [2.45, 2.75) is 33.1 Å². The van der Waals surface area contributed by atoms with Crippen molar-refractivity contribution in [2.75, 3.05) is 6.54 Å². The van der Waals surface area contributed by atoms with Crippen LogP contribution < -0.4 is 0 Å². The van der Waals surface area contributed by atoms with E-state index in [1.807, 2.05) is 13.8 Å². The minimum atomic E-state index is -0.817. The third-order valence-corrected chi connectivity index (χ3v) is 3.07. The van der Waals surface area contributed by atoms with E-state index in [4.69, 9.17) is 5.11 Å². The lowest BCUT2D eigenvalue weighted by Gasteiger charge is -2.26. The summed E-state index contributed by atoms with van der Waals surface area (Å²) in [5, 5.41) is 18.5. The van der Waals surface area contributed by atoms with E-state index in [1.54, 1.807) is 11.6 Å². The minimum Gasteiger partial charge on any atom is -0.480 e. The van der Waals surface area contributed by atoms with Crippen LogP contribution in [0.2, 0.25) is 6.82 Å². The maximum Gasteiger partial charge on any atom is 0.377 e. The molecule has 80 valence electrons. The largest absolute Gasteiger partial charge is 0.480 e. The standard InChI is InChI=1S/C9H18BNO3/c1-6(2)7-4-5-11(10(3)14)8(7)9(12)13/h6-8,14H,4-5H2,1-3H3,(H,12,13). The van der Waals surface area contributed by atoms with Crippen LogP contribution in [0, 0.1) is 11.8 Å². The van der Waals surface area contributed by atoms with Gasteiger partial charge in [-0.1, -0.05) is 13.8 Å². The molecule has 2 unspecified atom stereocenters. The Balaban J connectivity index is 2.79. The summed E-state index contributed by atoms with van der Waals surface area (Å²) in [6.45, 7) is 6.37. The molecule has 0 radical (unpaired) electrons. The first-order valence-corrected chi connectivity index (χ1v) is 5.11. The highest BCUT2D eigenvalue weighted by Gasteiger charge is 2.43. The second-order valence-electron chi connectivity index (χ2n) is 4.35. The van der Waals surface area contributed by atoms with Crippen LogP contribution in [0.3, 0.4) is 0 Å². The molecule has 0 aromatic heterocycles. The second kappa shape index (κ2) is 4.32. The molecule has 2 N–H and O–H groups in total. The summed E-state index contributed by atoms with van der Waals surface area (Å²) in [5.41, 5.74) is 0. The molecular weight excluding hydrogens is 181 g/mol. The van der Waals surface area contributed by atoms with Gasteiger partial charge in [0.25, 0.3) is 0 Å². The predicted molar refractivity (Wildman–Crippen MR) is 54.9 cm³/mol. The van der Waals surface area contributed by atoms with Crippen LogP contribution >= 0.6 is 0 Å². The van der Waals surface area contributed by atoms with Gasteiger partial charge in [0.1, 0.15) is 6.04 Å². The molecule has 1 heterocycles. The molecule has 1 fully saturated rings. The average molecular weight is 199 g/mol. The fourth-order valence-corrected chi connectivity index (χ4v) is 2.28. The van der Waals surface area contributed by atoms with E-state index in [1.165, 1.54) is 0 Å². The Labute approximate surface area is 85.0 Å². The molecule has 0 aliphatic carbocycles. The molecule has 1 aliphatic heterocycles. The zero-order valence-electron chi connectivity index (χ0n) is 8.97. The summed E-state index contributed by atoms with van der Waals surface area (Å²) >= 11 is 0. The van der Waals surface area contributed by atoms with Gasteiger partial charge in [-0.05, 0) is 31.6 Å². The van der Waals surface area contributed by atoms with Crippen LogP contribution in [0.25, 0.3) is 0 Å². The molecule has 4 nitrogen and oxygen atoms in total. The van der Waals surface area contributed by atoms with Crippen molar-refractivity contribution >= 4 is 13.0 Å². The highest BCUT2D eigenvalue weighted by atomic mass is 16.4. The lowest BCUT2D eigenvalue weighted by atomic mass is 9.81. The number of hydrogen-bond acceptors (Lipinski definition) is 3. The highest BCUT2D eigenvalue weighted by molar-refractivity contribution is 6.45. The van der Waals surface area contributed by atoms with E-state index in [-0.39, 0.29) is 5.92 Å². The molecule has 0 aromatic carbocycles. The zero-order chi connectivity index (χ0) is 10.9. The average Bonchev–Trinajstić information content (AvgIpc) is 2.46. The maximum atomic E-state index is 11.1. The van der Waals surface area contributed by atoms with Crippen molar-refractivity contribution in [3.8, 4) is 0 Å². The smallest absolute Gasteiger partial charge is 0.377 e. The summed E-state index contributed by atoms with van der Waals surface area (Å²) in [5.74, 6) is -0.316. The number of rotatable bonds is 3. The van der Waals surface area contributed by atoms with Crippen molar-refractivity contribution in [1.82, 2.24) is 4.81 Å². The Morgan fingerprint density at radius 2 is 2.14 bits per heavy atom. The van der Waals surface area contributed by atoms with Gasteiger partial charge in [0.15, 0.2) is 0 Å². The lowest BCUT2D eigenvalue weighted by molar-refractivity contribution is -0.142. The van der Waals surface area contributed by atoms with E-state index in [9.17, 15) is 9.82 Å². The number of carboxylic acids is 1. The van der Waals surface area contributed by atoms with Crippen LogP contribution in [-0.4, -0.2) is 40.5 Å². The van der Waals surface area contributed by atoms with Gasteiger partial charge < -0.3 is 14.9 Å². The van der Waals surface area contributed by atoms with Crippen LogP contribution in [0.15, 0.2) is 0 Å². The first kappa shape index (κ1) is 11.5. The first-order valence-electron chi connectivity index (χ1n) is 5.11. The molecule has 2 atom stereocenters. The summed E-state index contributed by atoms with van der Waals surface area (Å²) in [6, 6.07) is -0.519. The number of aliphatic carboxylic acids is 1. The fraction of sp³-hybridized carbons (Fsp3) is 0.889. The van der Waals surface area contributed by atoms with Crippen molar-refractivity contribution < 1.29 is 14.9 Å². The Kier molecular flexibility index (Phi) is 3.56. The SMILES string of the molecule is CB(O)N1CCC(C(C)C)C1C(=O)O. The van der Waals surface area contributed by atoms with Crippen molar-refractivity contribution in [2.24, 2.45) is 11.8 Å². The zero-order valence-corrected chi connectivity index (χ0v) is 8.97. The lowest BCUT2D eigenvalue weighted by Crippen LogP contribution is -2.47. The van der Waals surface area contributed by atoms with Crippen molar-refractivity contribution in [3.05, 3.63) is 0 Å². The topological polar surface area (TPSA) is 60.8 Å². The third kappa shape index (κ3) is 2.09. The normalized spacial score (nSPS) is 28.4. The molecular formula is C9H18BNO3. The molecule has 0 saturated carbocycles. The van der Waals surface area contributed by atoms with Gasteiger partial charge in [-0.3, -0.25) is 4.79 Å².